The van der Waals surface area contributed by atoms with E-state index in [1.54, 1.807) is 6.26 Å². The molecule has 0 fully saturated rings. The van der Waals surface area contributed by atoms with Crippen LogP contribution >= 0.6 is 0 Å². The fourth-order valence-electron chi connectivity index (χ4n) is 2.88. The van der Waals surface area contributed by atoms with Crippen LogP contribution in [0.5, 0.6) is 5.75 Å². The van der Waals surface area contributed by atoms with E-state index in [0.717, 1.165) is 28.5 Å². The highest BCUT2D eigenvalue weighted by atomic mass is 16.5. The molecule has 4 rings (SSSR count). The molecule has 2 aromatic heterocycles. The molecule has 0 radical (unpaired) electrons. The largest absolute Gasteiger partial charge is 0.494 e. The quantitative estimate of drug-likeness (QED) is 0.417. The van der Waals surface area contributed by atoms with Gasteiger partial charge < -0.3 is 19.8 Å². The Morgan fingerprint density at radius 1 is 0.931 bits per heavy atom. The third kappa shape index (κ3) is 4.93. The topological polar surface area (TPSA) is 72.2 Å². The molecule has 0 bridgehead atoms. The van der Waals surface area contributed by atoms with Gasteiger partial charge in [-0.3, -0.25) is 0 Å². The first-order valence-electron chi connectivity index (χ1n) is 9.51. The SMILES string of the molecule is CCOc1ccc(Nc2cc(-c3ccccc3)nc(NCc3ccco3)n2)cc1. The lowest BCUT2D eigenvalue weighted by molar-refractivity contribution is 0.340. The number of rotatable bonds is 8. The first-order chi connectivity index (χ1) is 14.3. The lowest BCUT2D eigenvalue weighted by Gasteiger charge is -2.12. The third-order valence-corrected chi connectivity index (χ3v) is 4.23. The van der Waals surface area contributed by atoms with Crippen LogP contribution in [0.1, 0.15) is 12.7 Å². The molecule has 6 heteroatoms. The van der Waals surface area contributed by atoms with E-state index >= 15 is 0 Å². The maximum absolute atomic E-state index is 5.50. The molecule has 0 aliphatic rings. The van der Waals surface area contributed by atoms with Gasteiger partial charge in [-0.05, 0) is 43.3 Å². The summed E-state index contributed by atoms with van der Waals surface area (Å²) in [6, 6.07) is 23.5. The predicted molar refractivity (Wildman–Crippen MR) is 114 cm³/mol. The van der Waals surface area contributed by atoms with E-state index in [1.165, 1.54) is 0 Å². The van der Waals surface area contributed by atoms with Crippen LogP contribution < -0.4 is 15.4 Å². The Hall–Kier alpha value is -3.80. The molecule has 0 atom stereocenters. The second kappa shape index (κ2) is 8.93. The van der Waals surface area contributed by atoms with E-state index < -0.39 is 0 Å². The maximum atomic E-state index is 5.50. The van der Waals surface area contributed by atoms with Crippen molar-refractivity contribution >= 4 is 17.5 Å². The second-order valence-corrected chi connectivity index (χ2v) is 6.34. The number of hydrogen-bond donors (Lipinski definition) is 2. The Bertz CT molecular complexity index is 1030. The van der Waals surface area contributed by atoms with Crippen molar-refractivity contribution in [2.24, 2.45) is 0 Å². The molecule has 0 amide bonds. The minimum Gasteiger partial charge on any atom is -0.494 e. The summed E-state index contributed by atoms with van der Waals surface area (Å²) in [5, 5.41) is 6.58. The van der Waals surface area contributed by atoms with E-state index in [4.69, 9.17) is 9.15 Å². The van der Waals surface area contributed by atoms with Gasteiger partial charge in [-0.15, -0.1) is 0 Å². The van der Waals surface area contributed by atoms with Gasteiger partial charge in [0, 0.05) is 17.3 Å². The fourth-order valence-corrected chi connectivity index (χ4v) is 2.88. The lowest BCUT2D eigenvalue weighted by Crippen LogP contribution is -2.06. The van der Waals surface area contributed by atoms with E-state index in [0.29, 0.717) is 24.9 Å². The van der Waals surface area contributed by atoms with Crippen molar-refractivity contribution in [3.63, 3.8) is 0 Å². The van der Waals surface area contributed by atoms with Crippen LogP contribution in [0.15, 0.2) is 83.5 Å². The van der Waals surface area contributed by atoms with Crippen LogP contribution in [-0.2, 0) is 6.54 Å². The average molecular weight is 386 g/mol. The van der Waals surface area contributed by atoms with Gasteiger partial charge in [-0.2, -0.15) is 4.98 Å². The molecule has 29 heavy (non-hydrogen) atoms. The van der Waals surface area contributed by atoms with Gasteiger partial charge in [-0.25, -0.2) is 4.98 Å². The minimum atomic E-state index is 0.508. The first kappa shape index (κ1) is 18.6. The molecule has 2 aromatic carbocycles. The molecule has 4 aromatic rings. The summed E-state index contributed by atoms with van der Waals surface area (Å²) in [6.07, 6.45) is 1.65. The van der Waals surface area contributed by atoms with E-state index in [2.05, 4.69) is 20.6 Å². The van der Waals surface area contributed by atoms with E-state index in [1.807, 2.05) is 79.7 Å². The molecule has 2 heterocycles. The molecular weight excluding hydrogens is 364 g/mol. The number of benzene rings is 2. The third-order valence-electron chi connectivity index (χ3n) is 4.23. The number of furan rings is 1. The zero-order valence-electron chi connectivity index (χ0n) is 16.1. The van der Waals surface area contributed by atoms with Crippen LogP contribution in [0.4, 0.5) is 17.5 Å². The number of nitrogens with one attached hydrogen (secondary N) is 2. The molecule has 0 unspecified atom stereocenters. The molecule has 2 N–H and O–H groups in total. The molecule has 146 valence electrons. The highest BCUT2D eigenvalue weighted by Crippen LogP contribution is 2.25. The highest BCUT2D eigenvalue weighted by molar-refractivity contribution is 5.67. The van der Waals surface area contributed by atoms with Crippen molar-refractivity contribution in [1.29, 1.82) is 0 Å². The Kier molecular flexibility index (Phi) is 5.71. The Morgan fingerprint density at radius 2 is 1.76 bits per heavy atom. The highest BCUT2D eigenvalue weighted by Gasteiger charge is 2.08. The zero-order chi connectivity index (χ0) is 19.9. The Morgan fingerprint density at radius 3 is 2.48 bits per heavy atom. The smallest absolute Gasteiger partial charge is 0.225 e. The van der Waals surface area contributed by atoms with Crippen molar-refractivity contribution in [1.82, 2.24) is 9.97 Å². The summed E-state index contributed by atoms with van der Waals surface area (Å²) in [5.74, 6) is 2.88. The van der Waals surface area contributed by atoms with Gasteiger partial charge in [0.05, 0.1) is 25.1 Å². The summed E-state index contributed by atoms with van der Waals surface area (Å²) in [5.41, 5.74) is 2.77. The average Bonchev–Trinajstić information content (AvgIpc) is 3.28. The first-order valence-corrected chi connectivity index (χ1v) is 9.51. The standard InChI is InChI=1S/C23H22N4O2/c1-2-28-19-12-10-18(11-13-19)25-22-15-21(17-7-4-3-5-8-17)26-23(27-22)24-16-20-9-6-14-29-20/h3-15H,2,16H2,1H3,(H2,24,25,26,27). The number of aromatic nitrogens is 2. The summed E-state index contributed by atoms with van der Waals surface area (Å²) in [4.78, 5) is 9.27. The summed E-state index contributed by atoms with van der Waals surface area (Å²) >= 11 is 0. The van der Waals surface area contributed by atoms with Crippen LogP contribution in [0.2, 0.25) is 0 Å². The normalized spacial score (nSPS) is 10.5. The molecule has 0 saturated carbocycles. The molecule has 6 nitrogen and oxygen atoms in total. The van der Waals surface area contributed by atoms with Gasteiger partial charge in [0.25, 0.3) is 0 Å². The number of anilines is 3. The fraction of sp³-hybridized carbons (Fsp3) is 0.130. The minimum absolute atomic E-state index is 0.508. The van der Waals surface area contributed by atoms with Gasteiger partial charge in [0.2, 0.25) is 5.95 Å². The Labute approximate surface area is 169 Å². The monoisotopic (exact) mass is 386 g/mol. The molecular formula is C23H22N4O2. The van der Waals surface area contributed by atoms with Crippen LogP contribution in [0, 0.1) is 0 Å². The van der Waals surface area contributed by atoms with Gasteiger partial charge >= 0.3 is 0 Å². The molecule has 0 aliphatic carbocycles. The van der Waals surface area contributed by atoms with Gasteiger partial charge in [0.15, 0.2) is 0 Å². The summed E-state index contributed by atoms with van der Waals surface area (Å²) < 4.78 is 10.9. The van der Waals surface area contributed by atoms with Crippen molar-refractivity contribution in [3.05, 3.63) is 84.8 Å². The lowest BCUT2D eigenvalue weighted by atomic mass is 10.1. The zero-order valence-corrected chi connectivity index (χ0v) is 16.1. The van der Waals surface area contributed by atoms with Crippen molar-refractivity contribution in [3.8, 4) is 17.0 Å². The molecule has 0 aliphatic heterocycles. The maximum Gasteiger partial charge on any atom is 0.225 e. The van der Waals surface area contributed by atoms with E-state index in [9.17, 15) is 0 Å². The summed E-state index contributed by atoms with van der Waals surface area (Å²) in [7, 11) is 0. The molecule has 0 saturated heterocycles. The van der Waals surface area contributed by atoms with Crippen LogP contribution in [0.3, 0.4) is 0 Å². The van der Waals surface area contributed by atoms with Crippen molar-refractivity contribution in [2.45, 2.75) is 13.5 Å². The van der Waals surface area contributed by atoms with Crippen LogP contribution in [-0.4, -0.2) is 16.6 Å². The number of nitrogens with zero attached hydrogens (tertiary/aromatic N) is 2. The molecule has 0 spiro atoms. The van der Waals surface area contributed by atoms with Crippen molar-refractivity contribution in [2.75, 3.05) is 17.2 Å². The summed E-state index contributed by atoms with van der Waals surface area (Å²) in [6.45, 7) is 3.12. The van der Waals surface area contributed by atoms with E-state index in [-0.39, 0.29) is 0 Å². The Balaban J connectivity index is 1.59. The van der Waals surface area contributed by atoms with Crippen molar-refractivity contribution < 1.29 is 9.15 Å². The van der Waals surface area contributed by atoms with Gasteiger partial charge in [-0.1, -0.05) is 30.3 Å². The van der Waals surface area contributed by atoms with Crippen LogP contribution in [0.25, 0.3) is 11.3 Å². The number of hydrogen-bond acceptors (Lipinski definition) is 6. The van der Waals surface area contributed by atoms with Gasteiger partial charge in [0.1, 0.15) is 17.3 Å². The second-order valence-electron chi connectivity index (χ2n) is 6.34. The predicted octanol–water partition coefficient (Wildman–Crippen LogP) is 5.49. The number of ether oxygens (including phenoxy) is 1.